The molecule has 1 saturated carbocycles. The summed E-state index contributed by atoms with van der Waals surface area (Å²) >= 11 is 0. The summed E-state index contributed by atoms with van der Waals surface area (Å²) in [6.45, 7) is 6.72. The zero-order valence-electron chi connectivity index (χ0n) is 11.7. The average molecular weight is 311 g/mol. The smallest absolute Gasteiger partial charge is 0.339 e. The van der Waals surface area contributed by atoms with Crippen molar-refractivity contribution < 1.29 is 26.6 Å². The minimum atomic E-state index is -0.252. The van der Waals surface area contributed by atoms with Crippen LogP contribution in [0, 0.1) is 11.3 Å². The molecular formula is C15H21CuNO2. The molecule has 19 heavy (non-hydrogen) atoms. The van der Waals surface area contributed by atoms with Gasteiger partial charge in [0.15, 0.2) is 0 Å². The Balaban J connectivity index is 0.00000180. The van der Waals surface area contributed by atoms with Gasteiger partial charge in [0, 0.05) is 29.5 Å². The Labute approximate surface area is 125 Å². The Morgan fingerprint density at radius 1 is 1.42 bits per heavy atom. The van der Waals surface area contributed by atoms with Gasteiger partial charge in [-0.1, -0.05) is 20.8 Å². The summed E-state index contributed by atoms with van der Waals surface area (Å²) in [6, 6.07) is 3.50. The Kier molecular flexibility index (Phi) is 5.57. The van der Waals surface area contributed by atoms with Gasteiger partial charge in [0.25, 0.3) is 0 Å². The molecule has 0 unspecified atom stereocenters. The van der Waals surface area contributed by atoms with Crippen LogP contribution in [0.1, 0.15) is 50.4 Å². The van der Waals surface area contributed by atoms with Gasteiger partial charge < -0.3 is 4.74 Å². The second-order valence-corrected chi connectivity index (χ2v) is 6.18. The Morgan fingerprint density at radius 2 is 2.16 bits per heavy atom. The molecule has 1 aromatic rings. The third kappa shape index (κ3) is 4.63. The van der Waals surface area contributed by atoms with E-state index < -0.39 is 0 Å². The van der Waals surface area contributed by atoms with Gasteiger partial charge in [-0.3, -0.25) is 4.98 Å². The number of esters is 1. The predicted octanol–water partition coefficient (Wildman–Crippen LogP) is 3.45. The van der Waals surface area contributed by atoms with E-state index in [9.17, 15) is 4.79 Å². The van der Waals surface area contributed by atoms with E-state index >= 15 is 0 Å². The number of carbonyl (C=O) groups is 1. The van der Waals surface area contributed by atoms with Crippen molar-refractivity contribution in [3.05, 3.63) is 30.1 Å². The summed E-state index contributed by atoms with van der Waals surface area (Å²) in [6.07, 6.45) is 6.37. The van der Waals surface area contributed by atoms with E-state index in [-0.39, 0.29) is 34.6 Å². The summed E-state index contributed by atoms with van der Waals surface area (Å²) in [4.78, 5) is 15.9. The van der Waals surface area contributed by atoms with Crippen molar-refractivity contribution in [3.8, 4) is 0 Å². The zero-order chi connectivity index (χ0) is 13.2. The molecule has 4 heteroatoms. The summed E-state index contributed by atoms with van der Waals surface area (Å²) in [5.41, 5.74) is 0.797. The molecule has 1 aliphatic rings. The number of pyridine rings is 1. The topological polar surface area (TPSA) is 39.2 Å². The third-order valence-electron chi connectivity index (χ3n) is 3.52. The molecule has 0 N–H and O–H groups in total. The average Bonchev–Trinajstić information content (AvgIpc) is 2.27. The fraction of sp³-hybridized carbons (Fsp3) is 0.600. The van der Waals surface area contributed by atoms with Crippen LogP contribution in [0.25, 0.3) is 0 Å². The summed E-state index contributed by atoms with van der Waals surface area (Å²) in [5.74, 6) is 0.360. The second-order valence-electron chi connectivity index (χ2n) is 6.18. The van der Waals surface area contributed by atoms with E-state index in [0.717, 1.165) is 12.8 Å². The van der Waals surface area contributed by atoms with Crippen molar-refractivity contribution >= 4 is 5.97 Å². The van der Waals surface area contributed by atoms with Crippen molar-refractivity contribution in [1.82, 2.24) is 4.98 Å². The van der Waals surface area contributed by atoms with Crippen LogP contribution in [0.15, 0.2) is 24.5 Å². The first-order valence-electron chi connectivity index (χ1n) is 6.57. The molecule has 2 atom stereocenters. The monoisotopic (exact) mass is 310 g/mol. The molecule has 0 bridgehead atoms. The number of aromatic nitrogens is 1. The van der Waals surface area contributed by atoms with Crippen LogP contribution >= 0.6 is 0 Å². The normalized spacial score (nSPS) is 25.2. The van der Waals surface area contributed by atoms with E-state index in [1.807, 2.05) is 0 Å². The standard InChI is InChI=1S/C15H21NO2.Cu/c1-11-7-13(9-15(2,3)8-11)18-14(17)12-5-4-6-16-10-12;/h4-6,10-11,13H,7-9H2,1-3H3;/t11-,13-;/m1./s1. The van der Waals surface area contributed by atoms with Crippen LogP contribution in [-0.2, 0) is 21.8 Å². The molecule has 1 aliphatic carbocycles. The van der Waals surface area contributed by atoms with Crippen LogP contribution in [0.3, 0.4) is 0 Å². The van der Waals surface area contributed by atoms with Crippen LogP contribution in [-0.4, -0.2) is 17.1 Å². The molecule has 1 aromatic heterocycles. The summed E-state index contributed by atoms with van der Waals surface area (Å²) in [7, 11) is 0. The van der Waals surface area contributed by atoms with E-state index in [0.29, 0.717) is 11.5 Å². The minimum absolute atomic E-state index is 0. The van der Waals surface area contributed by atoms with Crippen LogP contribution in [0.5, 0.6) is 0 Å². The number of hydrogen-bond acceptors (Lipinski definition) is 3. The van der Waals surface area contributed by atoms with Crippen molar-refractivity contribution in [2.45, 2.75) is 46.1 Å². The molecule has 1 heterocycles. The van der Waals surface area contributed by atoms with E-state index in [1.54, 1.807) is 24.5 Å². The molecule has 3 nitrogen and oxygen atoms in total. The summed E-state index contributed by atoms with van der Waals surface area (Å²) in [5, 5.41) is 0. The molecule has 109 valence electrons. The quantitative estimate of drug-likeness (QED) is 0.620. The molecule has 1 radical (unpaired) electrons. The number of nitrogens with zero attached hydrogens (tertiary/aromatic N) is 1. The first-order valence-corrected chi connectivity index (χ1v) is 6.57. The number of hydrogen-bond donors (Lipinski definition) is 0. The third-order valence-corrected chi connectivity index (χ3v) is 3.52. The van der Waals surface area contributed by atoms with Crippen LogP contribution in [0.4, 0.5) is 0 Å². The molecule has 0 aliphatic heterocycles. The molecule has 0 aromatic carbocycles. The first-order chi connectivity index (χ1) is 8.46. The van der Waals surface area contributed by atoms with Crippen molar-refractivity contribution in [2.75, 3.05) is 0 Å². The first kappa shape index (κ1) is 16.2. The van der Waals surface area contributed by atoms with Crippen molar-refractivity contribution in [2.24, 2.45) is 11.3 Å². The van der Waals surface area contributed by atoms with Crippen LogP contribution < -0.4 is 0 Å². The minimum Gasteiger partial charge on any atom is -0.459 e. The molecular weight excluding hydrogens is 290 g/mol. The van der Waals surface area contributed by atoms with Gasteiger partial charge in [-0.05, 0) is 42.7 Å². The van der Waals surface area contributed by atoms with E-state index in [1.165, 1.54) is 6.42 Å². The largest absolute Gasteiger partial charge is 0.459 e. The van der Waals surface area contributed by atoms with Gasteiger partial charge >= 0.3 is 5.97 Å². The SMILES string of the molecule is C[C@@H]1C[C@@H](OC(=O)c2cccnc2)CC(C)(C)C1.[Cu]. The van der Waals surface area contributed by atoms with Gasteiger partial charge in [0.05, 0.1) is 5.56 Å². The Hall–Kier alpha value is -0.861. The number of ether oxygens (including phenoxy) is 1. The van der Waals surface area contributed by atoms with Gasteiger partial charge in [0.2, 0.25) is 0 Å². The van der Waals surface area contributed by atoms with Gasteiger partial charge in [-0.15, -0.1) is 0 Å². The summed E-state index contributed by atoms with van der Waals surface area (Å²) < 4.78 is 5.60. The molecule has 0 saturated heterocycles. The molecule has 2 rings (SSSR count). The maximum Gasteiger partial charge on any atom is 0.339 e. The fourth-order valence-electron chi connectivity index (χ4n) is 3.05. The predicted molar refractivity (Wildman–Crippen MR) is 70.2 cm³/mol. The molecule has 0 spiro atoms. The van der Waals surface area contributed by atoms with Gasteiger partial charge in [-0.25, -0.2) is 4.79 Å². The van der Waals surface area contributed by atoms with E-state index in [4.69, 9.17) is 4.74 Å². The van der Waals surface area contributed by atoms with Gasteiger partial charge in [-0.2, -0.15) is 0 Å². The molecule has 0 amide bonds. The Morgan fingerprint density at radius 3 is 2.74 bits per heavy atom. The molecule has 1 fully saturated rings. The van der Waals surface area contributed by atoms with Crippen molar-refractivity contribution in [1.29, 1.82) is 0 Å². The van der Waals surface area contributed by atoms with Crippen LogP contribution in [0.2, 0.25) is 0 Å². The zero-order valence-corrected chi connectivity index (χ0v) is 12.6. The second kappa shape index (κ2) is 6.53. The van der Waals surface area contributed by atoms with Crippen molar-refractivity contribution in [3.63, 3.8) is 0 Å². The number of rotatable bonds is 2. The number of carbonyl (C=O) groups excluding carboxylic acids is 1. The van der Waals surface area contributed by atoms with E-state index in [2.05, 4.69) is 25.8 Å². The fourth-order valence-corrected chi connectivity index (χ4v) is 3.05. The maximum absolute atomic E-state index is 12.0. The van der Waals surface area contributed by atoms with Gasteiger partial charge in [0.1, 0.15) is 6.10 Å². The Bertz CT molecular complexity index is 419. The maximum atomic E-state index is 12.0.